The molecule has 0 aromatic carbocycles. The number of aromatic nitrogens is 2. The Labute approximate surface area is 94.1 Å². The topological polar surface area (TPSA) is 61.0 Å². The van der Waals surface area contributed by atoms with Crippen LogP contribution in [0.5, 0.6) is 5.75 Å². The third-order valence-corrected chi connectivity index (χ3v) is 2.13. The smallest absolute Gasteiger partial charge is 0.166 e. The lowest BCUT2D eigenvalue weighted by Gasteiger charge is -2.07. The average Bonchev–Trinajstić information content (AvgIpc) is 2.29. The van der Waals surface area contributed by atoms with Crippen LogP contribution in [0.4, 0.5) is 5.82 Å². The summed E-state index contributed by atoms with van der Waals surface area (Å²) in [5, 5.41) is 0. The second-order valence-electron chi connectivity index (χ2n) is 3.45. The van der Waals surface area contributed by atoms with Crippen LogP contribution in [0.25, 0.3) is 0 Å². The van der Waals surface area contributed by atoms with E-state index in [2.05, 4.69) is 9.97 Å². The molecule has 16 heavy (non-hydrogen) atoms. The molecule has 2 rings (SSSR count). The fourth-order valence-corrected chi connectivity index (χ4v) is 1.32. The Morgan fingerprint density at radius 1 is 1.25 bits per heavy atom. The summed E-state index contributed by atoms with van der Waals surface area (Å²) in [6.45, 7) is 2.29. The first-order valence-corrected chi connectivity index (χ1v) is 5.01. The van der Waals surface area contributed by atoms with E-state index >= 15 is 0 Å². The van der Waals surface area contributed by atoms with Crippen LogP contribution in [0.15, 0.2) is 36.5 Å². The molecule has 0 aliphatic carbocycles. The quantitative estimate of drug-likeness (QED) is 0.850. The fraction of sp³-hybridized carbons (Fsp3) is 0.167. The number of anilines is 1. The lowest BCUT2D eigenvalue weighted by molar-refractivity contribution is 0.302. The molecule has 0 atom stereocenters. The molecule has 0 unspecified atom stereocenters. The largest absolute Gasteiger partial charge is 0.483 e. The number of hydrogen-bond donors (Lipinski definition) is 1. The highest BCUT2D eigenvalue weighted by Gasteiger charge is 2.02. The molecule has 0 saturated heterocycles. The lowest BCUT2D eigenvalue weighted by Crippen LogP contribution is -2.02. The minimum atomic E-state index is 0.399. The van der Waals surface area contributed by atoms with Crippen LogP contribution in [0, 0.1) is 6.92 Å². The van der Waals surface area contributed by atoms with Gasteiger partial charge >= 0.3 is 0 Å². The Balaban J connectivity index is 2.05. The molecule has 2 heterocycles. The second-order valence-corrected chi connectivity index (χ2v) is 3.45. The predicted octanol–water partition coefficient (Wildman–Crippen LogP) is 1.95. The van der Waals surface area contributed by atoms with Gasteiger partial charge in [-0.3, -0.25) is 4.98 Å². The molecule has 0 amide bonds. The molecule has 4 nitrogen and oxygen atoms in total. The summed E-state index contributed by atoms with van der Waals surface area (Å²) in [5.74, 6) is 1.01. The van der Waals surface area contributed by atoms with E-state index in [0.29, 0.717) is 18.2 Å². The van der Waals surface area contributed by atoms with E-state index in [4.69, 9.17) is 10.5 Å². The van der Waals surface area contributed by atoms with Crippen LogP contribution in [0.3, 0.4) is 0 Å². The van der Waals surface area contributed by atoms with Crippen molar-refractivity contribution in [3.8, 4) is 5.75 Å². The monoisotopic (exact) mass is 215 g/mol. The predicted molar refractivity (Wildman–Crippen MR) is 62.0 cm³/mol. The van der Waals surface area contributed by atoms with Crippen molar-refractivity contribution in [2.75, 3.05) is 5.73 Å². The third-order valence-electron chi connectivity index (χ3n) is 2.13. The van der Waals surface area contributed by atoms with E-state index in [0.717, 1.165) is 11.4 Å². The second kappa shape index (κ2) is 4.61. The van der Waals surface area contributed by atoms with Crippen molar-refractivity contribution in [3.63, 3.8) is 0 Å². The first-order valence-electron chi connectivity index (χ1n) is 5.01. The molecule has 0 spiro atoms. The summed E-state index contributed by atoms with van der Waals surface area (Å²) in [4.78, 5) is 8.27. The molecule has 0 saturated carbocycles. The highest BCUT2D eigenvalue weighted by atomic mass is 16.5. The summed E-state index contributed by atoms with van der Waals surface area (Å²) in [7, 11) is 0. The van der Waals surface area contributed by atoms with Gasteiger partial charge < -0.3 is 10.5 Å². The summed E-state index contributed by atoms with van der Waals surface area (Å²) in [6, 6.07) is 9.37. The molecule has 82 valence electrons. The minimum absolute atomic E-state index is 0.399. The molecule has 0 fully saturated rings. The van der Waals surface area contributed by atoms with Crippen molar-refractivity contribution in [1.29, 1.82) is 0 Å². The van der Waals surface area contributed by atoms with Gasteiger partial charge in [0.05, 0.1) is 5.69 Å². The van der Waals surface area contributed by atoms with Gasteiger partial charge in [0, 0.05) is 11.9 Å². The maximum atomic E-state index is 5.73. The Morgan fingerprint density at radius 2 is 2.12 bits per heavy atom. The van der Waals surface area contributed by atoms with Gasteiger partial charge in [-0.25, -0.2) is 4.98 Å². The van der Waals surface area contributed by atoms with E-state index in [9.17, 15) is 0 Å². The Bertz CT molecular complexity index is 471. The van der Waals surface area contributed by atoms with Gasteiger partial charge in [-0.2, -0.15) is 0 Å². The molecule has 4 heteroatoms. The van der Waals surface area contributed by atoms with E-state index < -0.39 is 0 Å². The van der Waals surface area contributed by atoms with E-state index in [1.807, 2.05) is 37.3 Å². The van der Waals surface area contributed by atoms with Crippen molar-refractivity contribution in [1.82, 2.24) is 9.97 Å². The highest BCUT2D eigenvalue weighted by molar-refractivity contribution is 5.46. The zero-order valence-corrected chi connectivity index (χ0v) is 9.05. The summed E-state index contributed by atoms with van der Waals surface area (Å²) < 4.78 is 5.53. The molecule has 0 radical (unpaired) electrons. The van der Waals surface area contributed by atoms with Crippen LogP contribution >= 0.6 is 0 Å². The Morgan fingerprint density at radius 3 is 2.81 bits per heavy atom. The SMILES string of the molecule is Cc1ccc(OCc2ccccn2)c(N)n1. The number of hydrogen-bond acceptors (Lipinski definition) is 4. The molecule has 0 aliphatic rings. The maximum absolute atomic E-state index is 5.73. The summed E-state index contributed by atoms with van der Waals surface area (Å²) in [6.07, 6.45) is 1.73. The number of ether oxygens (including phenoxy) is 1. The molecule has 2 aromatic rings. The zero-order chi connectivity index (χ0) is 11.4. The van der Waals surface area contributed by atoms with Gasteiger partial charge in [-0.1, -0.05) is 6.07 Å². The minimum Gasteiger partial charge on any atom is -0.483 e. The Kier molecular flexibility index (Phi) is 3.00. The number of pyridine rings is 2. The van der Waals surface area contributed by atoms with Gasteiger partial charge in [0.2, 0.25) is 0 Å². The Hall–Kier alpha value is -2.10. The van der Waals surface area contributed by atoms with Gasteiger partial charge in [0.1, 0.15) is 6.61 Å². The lowest BCUT2D eigenvalue weighted by atomic mass is 10.3. The van der Waals surface area contributed by atoms with Gasteiger partial charge in [-0.05, 0) is 31.2 Å². The first-order chi connectivity index (χ1) is 7.75. The van der Waals surface area contributed by atoms with E-state index in [-0.39, 0.29) is 0 Å². The number of nitrogen functional groups attached to an aromatic ring is 1. The molecule has 0 aliphatic heterocycles. The molecular formula is C12H13N3O. The standard InChI is InChI=1S/C12H13N3O/c1-9-5-6-11(12(13)15-9)16-8-10-4-2-3-7-14-10/h2-7H,8H2,1H3,(H2,13,15). The fourth-order valence-electron chi connectivity index (χ4n) is 1.32. The van der Waals surface area contributed by atoms with E-state index in [1.54, 1.807) is 6.20 Å². The van der Waals surface area contributed by atoms with Crippen molar-refractivity contribution in [3.05, 3.63) is 47.9 Å². The highest BCUT2D eigenvalue weighted by Crippen LogP contribution is 2.19. The number of aryl methyl sites for hydroxylation is 1. The zero-order valence-electron chi connectivity index (χ0n) is 9.05. The van der Waals surface area contributed by atoms with Crippen LogP contribution in [-0.2, 0) is 6.61 Å². The van der Waals surface area contributed by atoms with Crippen molar-refractivity contribution in [2.24, 2.45) is 0 Å². The number of nitrogens with two attached hydrogens (primary N) is 1. The van der Waals surface area contributed by atoms with Crippen LogP contribution < -0.4 is 10.5 Å². The number of nitrogens with zero attached hydrogens (tertiary/aromatic N) is 2. The summed E-state index contributed by atoms with van der Waals surface area (Å²) in [5.41, 5.74) is 7.47. The summed E-state index contributed by atoms with van der Waals surface area (Å²) >= 11 is 0. The average molecular weight is 215 g/mol. The van der Waals surface area contributed by atoms with Crippen molar-refractivity contribution >= 4 is 5.82 Å². The van der Waals surface area contributed by atoms with Crippen molar-refractivity contribution < 1.29 is 4.74 Å². The third kappa shape index (κ3) is 2.48. The normalized spacial score (nSPS) is 10.1. The molecule has 2 N–H and O–H groups in total. The molecule has 0 bridgehead atoms. The van der Waals surface area contributed by atoms with Gasteiger partial charge in [0.15, 0.2) is 11.6 Å². The first kappa shape index (κ1) is 10.4. The van der Waals surface area contributed by atoms with Crippen LogP contribution in [-0.4, -0.2) is 9.97 Å². The van der Waals surface area contributed by atoms with Gasteiger partial charge in [0.25, 0.3) is 0 Å². The van der Waals surface area contributed by atoms with Gasteiger partial charge in [-0.15, -0.1) is 0 Å². The van der Waals surface area contributed by atoms with Crippen LogP contribution in [0.2, 0.25) is 0 Å². The number of rotatable bonds is 3. The van der Waals surface area contributed by atoms with Crippen LogP contribution in [0.1, 0.15) is 11.4 Å². The maximum Gasteiger partial charge on any atom is 0.166 e. The molecule has 2 aromatic heterocycles. The van der Waals surface area contributed by atoms with E-state index in [1.165, 1.54) is 0 Å². The van der Waals surface area contributed by atoms with Crippen molar-refractivity contribution in [2.45, 2.75) is 13.5 Å². The molecular weight excluding hydrogens is 202 g/mol.